The number of aryl methyl sites for hydroxylation is 2. The molecule has 0 saturated carbocycles. The summed E-state index contributed by atoms with van der Waals surface area (Å²) in [5.74, 6) is -0.113. The largest absolute Gasteiger partial charge is 0.329 e. The average molecular weight is 368 g/mol. The van der Waals surface area contributed by atoms with Gasteiger partial charge in [0.15, 0.2) is 5.13 Å². The molecule has 7 nitrogen and oxygen atoms in total. The number of carbonyl (C=O) groups excluding carboxylic acids is 1. The molecule has 0 aliphatic heterocycles. The fourth-order valence-corrected chi connectivity index (χ4v) is 4.40. The molecular weight excluding hydrogens is 348 g/mol. The van der Waals surface area contributed by atoms with Gasteiger partial charge >= 0.3 is 0 Å². The highest BCUT2D eigenvalue weighted by Crippen LogP contribution is 2.42. The van der Waals surface area contributed by atoms with Gasteiger partial charge in [0, 0.05) is 36.5 Å². The summed E-state index contributed by atoms with van der Waals surface area (Å²) in [5, 5.41) is 8.27. The number of nitrogens with zero attached hydrogens (tertiary/aromatic N) is 4. The number of nitrogens with two attached hydrogens (primary N) is 1. The molecule has 0 aromatic carbocycles. The number of thiazole rings is 1. The van der Waals surface area contributed by atoms with Gasteiger partial charge in [-0.1, -0.05) is 11.3 Å². The molecule has 1 amide bonds. The van der Waals surface area contributed by atoms with Crippen LogP contribution in [0.3, 0.4) is 0 Å². The zero-order valence-electron chi connectivity index (χ0n) is 14.7. The predicted octanol–water partition coefficient (Wildman–Crippen LogP) is 2.39. The SMILES string of the molecule is CC(=O)Nc1nc2c(s1)-c1c(c(-c3ccc(C)nc3)nn1CCN)CC2. The molecule has 0 atom stereocenters. The van der Waals surface area contributed by atoms with Crippen LogP contribution in [0.4, 0.5) is 5.13 Å². The standard InChI is InChI=1S/C18H20N6OS/c1-10-3-4-12(9-20-10)15-13-5-6-14-17(16(13)24(23-15)8-7-19)26-18(22-14)21-11(2)25/h3-4,9H,5-8,19H2,1-2H3,(H,21,22,25). The number of hydrogen-bond acceptors (Lipinski definition) is 6. The highest BCUT2D eigenvalue weighted by atomic mass is 32.1. The fourth-order valence-electron chi connectivity index (χ4n) is 3.27. The molecule has 1 aliphatic carbocycles. The molecule has 134 valence electrons. The van der Waals surface area contributed by atoms with E-state index in [0.717, 1.165) is 46.1 Å². The first-order valence-corrected chi connectivity index (χ1v) is 9.39. The van der Waals surface area contributed by atoms with Gasteiger partial charge in [-0.2, -0.15) is 5.10 Å². The van der Waals surface area contributed by atoms with E-state index in [0.29, 0.717) is 18.2 Å². The lowest BCUT2D eigenvalue weighted by atomic mass is 9.95. The van der Waals surface area contributed by atoms with Crippen molar-refractivity contribution in [2.75, 3.05) is 11.9 Å². The normalized spacial score (nSPS) is 12.6. The first-order chi connectivity index (χ1) is 12.6. The van der Waals surface area contributed by atoms with E-state index in [9.17, 15) is 4.79 Å². The second kappa shape index (κ2) is 6.62. The van der Waals surface area contributed by atoms with Crippen LogP contribution in [0.25, 0.3) is 21.8 Å². The van der Waals surface area contributed by atoms with Crippen LogP contribution in [0.5, 0.6) is 0 Å². The minimum absolute atomic E-state index is 0.113. The lowest BCUT2D eigenvalue weighted by Gasteiger charge is -2.13. The van der Waals surface area contributed by atoms with Gasteiger partial charge in [0.1, 0.15) is 0 Å². The third kappa shape index (κ3) is 2.91. The number of anilines is 1. The number of hydrogen-bond donors (Lipinski definition) is 2. The molecule has 3 N–H and O–H groups in total. The summed E-state index contributed by atoms with van der Waals surface area (Å²) in [7, 11) is 0. The Morgan fingerprint density at radius 3 is 2.92 bits per heavy atom. The van der Waals surface area contributed by atoms with E-state index >= 15 is 0 Å². The van der Waals surface area contributed by atoms with E-state index in [1.807, 2.05) is 23.9 Å². The summed E-state index contributed by atoms with van der Waals surface area (Å²) in [6.45, 7) is 4.60. The quantitative estimate of drug-likeness (QED) is 0.737. The van der Waals surface area contributed by atoms with Crippen LogP contribution in [0, 0.1) is 6.92 Å². The lowest BCUT2D eigenvalue weighted by molar-refractivity contribution is -0.114. The molecule has 3 heterocycles. The monoisotopic (exact) mass is 368 g/mol. The number of nitrogens with one attached hydrogen (secondary N) is 1. The van der Waals surface area contributed by atoms with Crippen molar-refractivity contribution in [3.05, 3.63) is 35.3 Å². The molecule has 0 unspecified atom stereocenters. The molecule has 0 bridgehead atoms. The average Bonchev–Trinajstić information content (AvgIpc) is 3.16. The summed E-state index contributed by atoms with van der Waals surface area (Å²) in [5.41, 5.74) is 12.0. The fraction of sp³-hybridized carbons (Fsp3) is 0.333. The topological polar surface area (TPSA) is 98.7 Å². The lowest BCUT2D eigenvalue weighted by Crippen LogP contribution is -2.13. The molecule has 3 aromatic rings. The first kappa shape index (κ1) is 16.9. The summed E-state index contributed by atoms with van der Waals surface area (Å²) in [6, 6.07) is 4.06. The van der Waals surface area contributed by atoms with Crippen LogP contribution in [0.15, 0.2) is 18.3 Å². The Morgan fingerprint density at radius 1 is 1.38 bits per heavy atom. The molecule has 0 saturated heterocycles. The van der Waals surface area contributed by atoms with Crippen molar-refractivity contribution >= 4 is 22.4 Å². The van der Waals surface area contributed by atoms with E-state index in [1.54, 1.807) is 0 Å². The van der Waals surface area contributed by atoms with Crippen molar-refractivity contribution in [3.63, 3.8) is 0 Å². The molecule has 3 aromatic heterocycles. The second-order valence-corrected chi connectivity index (χ2v) is 7.35. The minimum atomic E-state index is -0.113. The summed E-state index contributed by atoms with van der Waals surface area (Å²) >= 11 is 1.50. The number of aromatic nitrogens is 4. The molecule has 0 spiro atoms. The minimum Gasteiger partial charge on any atom is -0.329 e. The summed E-state index contributed by atoms with van der Waals surface area (Å²) in [4.78, 5) is 21.4. The van der Waals surface area contributed by atoms with Crippen LogP contribution in [-0.2, 0) is 24.2 Å². The number of fused-ring (bicyclic) bond motifs is 3. The van der Waals surface area contributed by atoms with Crippen molar-refractivity contribution in [2.45, 2.75) is 33.2 Å². The molecule has 1 aliphatic rings. The van der Waals surface area contributed by atoms with Crippen molar-refractivity contribution < 1.29 is 4.79 Å². The zero-order valence-corrected chi connectivity index (χ0v) is 15.6. The van der Waals surface area contributed by atoms with Crippen LogP contribution >= 0.6 is 11.3 Å². The van der Waals surface area contributed by atoms with Crippen molar-refractivity contribution in [1.29, 1.82) is 0 Å². The maximum atomic E-state index is 11.4. The van der Waals surface area contributed by atoms with E-state index in [1.165, 1.54) is 23.8 Å². The Hall–Kier alpha value is -2.58. The van der Waals surface area contributed by atoms with Crippen molar-refractivity contribution in [2.24, 2.45) is 5.73 Å². The van der Waals surface area contributed by atoms with Crippen LogP contribution in [-0.4, -0.2) is 32.2 Å². The molecule has 0 radical (unpaired) electrons. The number of amides is 1. The summed E-state index contributed by atoms with van der Waals surface area (Å²) < 4.78 is 1.97. The van der Waals surface area contributed by atoms with Crippen molar-refractivity contribution in [1.82, 2.24) is 19.7 Å². The third-order valence-corrected chi connectivity index (χ3v) is 5.40. The van der Waals surface area contributed by atoms with Gasteiger partial charge in [0.25, 0.3) is 0 Å². The summed E-state index contributed by atoms with van der Waals surface area (Å²) in [6.07, 6.45) is 3.56. The van der Waals surface area contributed by atoms with E-state index in [2.05, 4.69) is 21.4 Å². The van der Waals surface area contributed by atoms with Gasteiger partial charge in [-0.15, -0.1) is 0 Å². The Morgan fingerprint density at radius 2 is 2.23 bits per heavy atom. The van der Waals surface area contributed by atoms with Crippen LogP contribution in [0.1, 0.15) is 23.9 Å². The maximum Gasteiger partial charge on any atom is 0.223 e. The molecule has 26 heavy (non-hydrogen) atoms. The Balaban J connectivity index is 1.85. The Bertz CT molecular complexity index is 972. The van der Waals surface area contributed by atoms with Crippen LogP contribution < -0.4 is 11.1 Å². The van der Waals surface area contributed by atoms with E-state index < -0.39 is 0 Å². The Kier molecular flexibility index (Phi) is 4.29. The highest BCUT2D eigenvalue weighted by molar-refractivity contribution is 7.19. The predicted molar refractivity (Wildman–Crippen MR) is 102 cm³/mol. The smallest absolute Gasteiger partial charge is 0.223 e. The van der Waals surface area contributed by atoms with Crippen molar-refractivity contribution in [3.8, 4) is 21.8 Å². The second-order valence-electron chi connectivity index (χ2n) is 6.35. The van der Waals surface area contributed by atoms with Crippen LogP contribution in [0.2, 0.25) is 0 Å². The van der Waals surface area contributed by atoms with E-state index in [-0.39, 0.29) is 5.91 Å². The first-order valence-electron chi connectivity index (χ1n) is 8.57. The molecule has 8 heteroatoms. The van der Waals surface area contributed by atoms with Gasteiger partial charge in [-0.25, -0.2) is 4.98 Å². The number of rotatable bonds is 4. The Labute approximate surface area is 155 Å². The van der Waals surface area contributed by atoms with E-state index in [4.69, 9.17) is 10.8 Å². The zero-order chi connectivity index (χ0) is 18.3. The van der Waals surface area contributed by atoms with Gasteiger partial charge < -0.3 is 11.1 Å². The number of carbonyl (C=O) groups is 1. The van der Waals surface area contributed by atoms with Gasteiger partial charge in [-0.3, -0.25) is 14.5 Å². The number of pyridine rings is 1. The van der Waals surface area contributed by atoms with Gasteiger partial charge in [0.2, 0.25) is 5.91 Å². The highest BCUT2D eigenvalue weighted by Gasteiger charge is 2.29. The van der Waals surface area contributed by atoms with Gasteiger partial charge in [-0.05, 0) is 31.9 Å². The molecular formula is C18H20N6OS. The third-order valence-electron chi connectivity index (χ3n) is 4.38. The molecule has 0 fully saturated rings. The maximum absolute atomic E-state index is 11.4. The van der Waals surface area contributed by atoms with Gasteiger partial charge in [0.05, 0.1) is 28.5 Å². The molecule has 4 rings (SSSR count).